The molecule has 74 valence electrons. The molecule has 0 radical (unpaired) electrons. The molecular weight excluding hydrogens is 188 g/mol. The van der Waals surface area contributed by atoms with E-state index < -0.39 is 0 Å². The zero-order valence-corrected chi connectivity index (χ0v) is 8.46. The molecule has 0 aliphatic heterocycles. The first-order valence-electron chi connectivity index (χ1n) is 4.15. The number of pyridine rings is 1. The predicted molar refractivity (Wildman–Crippen MR) is 54.6 cm³/mol. The zero-order valence-electron chi connectivity index (χ0n) is 7.64. The summed E-state index contributed by atoms with van der Waals surface area (Å²) in [5, 5.41) is 10.7. The van der Waals surface area contributed by atoms with E-state index in [9.17, 15) is 5.21 Å². The first-order valence-corrected chi connectivity index (χ1v) is 4.15. The highest BCUT2D eigenvalue weighted by Crippen LogP contribution is 2.01. The van der Waals surface area contributed by atoms with E-state index in [1.54, 1.807) is 0 Å². The van der Waals surface area contributed by atoms with Crippen LogP contribution in [0.25, 0.3) is 0 Å². The van der Waals surface area contributed by atoms with Crippen LogP contribution in [0, 0.1) is 5.21 Å². The molecule has 0 aliphatic rings. The minimum Gasteiger partial charge on any atom is -0.619 e. The van der Waals surface area contributed by atoms with Gasteiger partial charge >= 0.3 is 0 Å². The lowest BCUT2D eigenvalue weighted by molar-refractivity contribution is -0.605. The zero-order chi connectivity index (χ0) is 8.97. The smallest absolute Gasteiger partial charge is 0.180 e. The fourth-order valence-corrected chi connectivity index (χ4v) is 1.03. The highest BCUT2D eigenvalue weighted by Gasteiger charge is 2.01. The number of hydrogen-bond acceptors (Lipinski definition) is 2. The largest absolute Gasteiger partial charge is 0.619 e. The average Bonchev–Trinajstić information content (AvgIpc) is 2.09. The quantitative estimate of drug-likeness (QED) is 0.588. The SMILES string of the molecule is CCC(N)Cc1cc[n+]([O-])cc1.Cl. The van der Waals surface area contributed by atoms with E-state index in [4.69, 9.17) is 5.73 Å². The fourth-order valence-electron chi connectivity index (χ4n) is 1.03. The van der Waals surface area contributed by atoms with Crippen molar-refractivity contribution in [3.63, 3.8) is 0 Å². The first kappa shape index (κ1) is 12.2. The van der Waals surface area contributed by atoms with E-state index in [1.807, 2.05) is 12.1 Å². The molecule has 1 aromatic rings. The van der Waals surface area contributed by atoms with E-state index in [0.717, 1.165) is 23.1 Å². The Bertz CT molecular complexity index is 238. The molecule has 1 unspecified atom stereocenters. The second kappa shape index (κ2) is 5.78. The van der Waals surface area contributed by atoms with Gasteiger partial charge in [0.15, 0.2) is 12.4 Å². The molecule has 2 N–H and O–H groups in total. The van der Waals surface area contributed by atoms with E-state index in [-0.39, 0.29) is 18.4 Å². The van der Waals surface area contributed by atoms with Gasteiger partial charge in [0.1, 0.15) is 0 Å². The molecule has 0 saturated heterocycles. The summed E-state index contributed by atoms with van der Waals surface area (Å²) in [5.41, 5.74) is 6.88. The summed E-state index contributed by atoms with van der Waals surface area (Å²) in [4.78, 5) is 0. The van der Waals surface area contributed by atoms with Crippen LogP contribution in [0.15, 0.2) is 24.5 Å². The van der Waals surface area contributed by atoms with Crippen molar-refractivity contribution in [2.45, 2.75) is 25.8 Å². The molecule has 3 nitrogen and oxygen atoms in total. The predicted octanol–water partition coefficient (Wildman–Crippen LogP) is 1.02. The highest BCUT2D eigenvalue weighted by molar-refractivity contribution is 5.85. The molecule has 0 spiro atoms. The monoisotopic (exact) mass is 202 g/mol. The summed E-state index contributed by atoms with van der Waals surface area (Å²) in [6.07, 6.45) is 4.80. The van der Waals surface area contributed by atoms with Gasteiger partial charge in [-0.2, -0.15) is 4.73 Å². The minimum atomic E-state index is 0. The van der Waals surface area contributed by atoms with Gasteiger partial charge in [0.2, 0.25) is 0 Å². The van der Waals surface area contributed by atoms with Crippen molar-refractivity contribution in [3.8, 4) is 0 Å². The van der Waals surface area contributed by atoms with Crippen LogP contribution in [0.1, 0.15) is 18.9 Å². The fraction of sp³-hybridized carbons (Fsp3) is 0.444. The number of hydrogen-bond donors (Lipinski definition) is 1. The highest BCUT2D eigenvalue weighted by atomic mass is 35.5. The number of halogens is 1. The van der Waals surface area contributed by atoms with Gasteiger partial charge in [0, 0.05) is 18.2 Å². The van der Waals surface area contributed by atoms with Gasteiger partial charge in [-0.15, -0.1) is 12.4 Å². The molecule has 4 heteroatoms. The third-order valence-electron chi connectivity index (χ3n) is 1.89. The molecule has 0 aliphatic carbocycles. The molecule has 0 aromatic carbocycles. The summed E-state index contributed by atoms with van der Waals surface area (Å²) in [5.74, 6) is 0. The number of nitrogens with two attached hydrogens (primary N) is 1. The molecule has 1 heterocycles. The van der Waals surface area contributed by atoms with Gasteiger partial charge < -0.3 is 10.9 Å². The number of aromatic nitrogens is 1. The van der Waals surface area contributed by atoms with Gasteiger partial charge in [0.05, 0.1) is 0 Å². The Morgan fingerprint density at radius 2 is 2.00 bits per heavy atom. The van der Waals surface area contributed by atoms with Crippen molar-refractivity contribution in [2.24, 2.45) is 5.73 Å². The van der Waals surface area contributed by atoms with Gasteiger partial charge in [-0.05, 0) is 18.4 Å². The summed E-state index contributed by atoms with van der Waals surface area (Å²) in [6.45, 7) is 2.06. The lowest BCUT2D eigenvalue weighted by Gasteiger charge is -2.07. The van der Waals surface area contributed by atoms with Crippen LogP contribution in [0.3, 0.4) is 0 Å². The van der Waals surface area contributed by atoms with Crippen LogP contribution >= 0.6 is 12.4 Å². The molecule has 1 aromatic heterocycles. The molecule has 1 rings (SSSR count). The lowest BCUT2D eigenvalue weighted by Crippen LogP contribution is -2.25. The van der Waals surface area contributed by atoms with Gasteiger partial charge in [-0.3, -0.25) is 0 Å². The standard InChI is InChI=1S/C9H14N2O.ClH/c1-2-9(10)7-8-3-5-11(12)6-4-8;/h3-6,9H,2,7,10H2,1H3;1H. The van der Waals surface area contributed by atoms with Gasteiger partial charge in [-0.1, -0.05) is 6.92 Å². The average molecular weight is 203 g/mol. The third kappa shape index (κ3) is 4.10. The number of rotatable bonds is 3. The summed E-state index contributed by atoms with van der Waals surface area (Å²) in [6, 6.07) is 3.82. The molecule has 13 heavy (non-hydrogen) atoms. The van der Waals surface area contributed by atoms with Crippen LogP contribution in [-0.4, -0.2) is 6.04 Å². The van der Waals surface area contributed by atoms with Crippen molar-refractivity contribution < 1.29 is 4.73 Å². The van der Waals surface area contributed by atoms with Crippen molar-refractivity contribution in [1.82, 2.24) is 0 Å². The maximum Gasteiger partial charge on any atom is 0.180 e. The van der Waals surface area contributed by atoms with E-state index in [0.29, 0.717) is 0 Å². The molecule has 0 amide bonds. The molecule has 0 bridgehead atoms. The molecule has 0 saturated carbocycles. The minimum absolute atomic E-state index is 0. The van der Waals surface area contributed by atoms with Crippen molar-refractivity contribution in [3.05, 3.63) is 35.3 Å². The van der Waals surface area contributed by atoms with Crippen LogP contribution in [-0.2, 0) is 6.42 Å². The van der Waals surface area contributed by atoms with E-state index >= 15 is 0 Å². The lowest BCUT2D eigenvalue weighted by atomic mass is 10.1. The van der Waals surface area contributed by atoms with Crippen LogP contribution < -0.4 is 10.5 Å². The Morgan fingerprint density at radius 3 is 2.46 bits per heavy atom. The van der Waals surface area contributed by atoms with Crippen LogP contribution in [0.5, 0.6) is 0 Å². The summed E-state index contributed by atoms with van der Waals surface area (Å²) >= 11 is 0. The maximum atomic E-state index is 10.7. The summed E-state index contributed by atoms with van der Waals surface area (Å²) in [7, 11) is 0. The Labute approximate surface area is 84.6 Å². The van der Waals surface area contributed by atoms with Crippen molar-refractivity contribution in [2.75, 3.05) is 0 Å². The first-order chi connectivity index (χ1) is 5.72. The Hall–Kier alpha value is -0.800. The second-order valence-electron chi connectivity index (χ2n) is 2.94. The summed E-state index contributed by atoms with van der Waals surface area (Å²) < 4.78 is 0.779. The van der Waals surface area contributed by atoms with Gasteiger partial charge in [0.25, 0.3) is 0 Å². The van der Waals surface area contributed by atoms with Crippen molar-refractivity contribution >= 4 is 12.4 Å². The third-order valence-corrected chi connectivity index (χ3v) is 1.89. The topological polar surface area (TPSA) is 53.0 Å². The van der Waals surface area contributed by atoms with Gasteiger partial charge in [-0.25, -0.2) is 0 Å². The maximum absolute atomic E-state index is 10.7. The molecule has 0 fully saturated rings. The molecule has 1 atom stereocenters. The Kier molecular flexibility index (Phi) is 5.42. The number of nitrogens with zero attached hydrogens (tertiary/aromatic N) is 1. The second-order valence-corrected chi connectivity index (χ2v) is 2.94. The molecular formula is C9H15ClN2O. The van der Waals surface area contributed by atoms with E-state index in [2.05, 4.69) is 6.92 Å². The Balaban J connectivity index is 0.00000144. The Morgan fingerprint density at radius 1 is 1.46 bits per heavy atom. The van der Waals surface area contributed by atoms with E-state index in [1.165, 1.54) is 12.4 Å². The van der Waals surface area contributed by atoms with Crippen LogP contribution in [0.2, 0.25) is 0 Å². The normalized spacial score (nSPS) is 11.8. The van der Waals surface area contributed by atoms with Crippen LogP contribution in [0.4, 0.5) is 0 Å². The van der Waals surface area contributed by atoms with Crippen molar-refractivity contribution in [1.29, 1.82) is 0 Å².